The Morgan fingerprint density at radius 3 is 2.50 bits per heavy atom. The van der Waals surface area contributed by atoms with Crippen LogP contribution in [-0.4, -0.2) is 0 Å². The highest BCUT2D eigenvalue weighted by Crippen LogP contribution is 2.09. The van der Waals surface area contributed by atoms with Crippen molar-refractivity contribution in [3.8, 4) is 24.2 Å². The molecule has 1 heteroatoms. The highest BCUT2D eigenvalue weighted by molar-refractivity contribution is 6.25. The largest absolute Gasteiger partial charge is 0.119 e. The second-order valence-electron chi connectivity index (χ2n) is 2.33. The van der Waals surface area contributed by atoms with E-state index in [9.17, 15) is 0 Å². The maximum absolute atomic E-state index is 5.24. The third-order valence-corrected chi connectivity index (χ3v) is 1.02. The van der Waals surface area contributed by atoms with E-state index in [4.69, 9.17) is 18.0 Å². The molecule has 0 aromatic carbocycles. The van der Waals surface area contributed by atoms with E-state index in [2.05, 4.69) is 17.8 Å². The zero-order valence-electron chi connectivity index (χ0n) is 6.11. The van der Waals surface area contributed by atoms with Gasteiger partial charge in [-0.25, -0.2) is 0 Å². The Balaban J connectivity index is 4.19. The van der Waals surface area contributed by atoms with Crippen molar-refractivity contribution in [2.24, 2.45) is 5.41 Å². The van der Waals surface area contributed by atoms with E-state index in [0.717, 1.165) is 0 Å². The summed E-state index contributed by atoms with van der Waals surface area (Å²) in [5, 5.41) is 0. The van der Waals surface area contributed by atoms with Gasteiger partial charge >= 0.3 is 0 Å². The van der Waals surface area contributed by atoms with Crippen LogP contribution >= 0.6 is 11.6 Å². The van der Waals surface area contributed by atoms with Crippen molar-refractivity contribution in [1.29, 1.82) is 0 Å². The van der Waals surface area contributed by atoms with Crippen LogP contribution in [-0.2, 0) is 0 Å². The average Bonchev–Trinajstić information content (AvgIpc) is 1.89. The lowest BCUT2D eigenvalue weighted by Crippen LogP contribution is -2.02. The van der Waals surface area contributed by atoms with Crippen LogP contribution in [0.3, 0.4) is 0 Å². The molecule has 0 bridgehead atoms. The number of hydrogen-bond acceptors (Lipinski definition) is 0. The summed E-state index contributed by atoms with van der Waals surface area (Å²) in [7, 11) is 0. The van der Waals surface area contributed by atoms with Crippen molar-refractivity contribution >= 4 is 11.6 Å². The summed E-state index contributed by atoms with van der Waals surface area (Å²) in [5.74, 6) is 8.12. The molecule has 0 rings (SSSR count). The fourth-order valence-corrected chi connectivity index (χ4v) is 0.353. The molecule has 0 saturated carbocycles. The predicted octanol–water partition coefficient (Wildman–Crippen LogP) is 2.40. The van der Waals surface area contributed by atoms with Crippen LogP contribution in [0.2, 0.25) is 0 Å². The minimum absolute atomic E-state index is 0.351. The van der Waals surface area contributed by atoms with Crippen LogP contribution in [0, 0.1) is 29.6 Å². The highest BCUT2D eigenvalue weighted by Gasteiger charge is 2.06. The fraction of sp³-hybridized carbons (Fsp3) is 0.333. The first-order valence-corrected chi connectivity index (χ1v) is 3.32. The van der Waals surface area contributed by atoms with Gasteiger partial charge in [0.1, 0.15) is 0 Å². The van der Waals surface area contributed by atoms with E-state index in [-0.39, 0.29) is 5.41 Å². The molecule has 0 atom stereocenters. The van der Waals surface area contributed by atoms with Gasteiger partial charge in [0.2, 0.25) is 0 Å². The van der Waals surface area contributed by atoms with E-state index in [1.54, 1.807) is 6.08 Å². The molecule has 0 unspecified atom stereocenters. The summed E-state index contributed by atoms with van der Waals surface area (Å²) in [4.78, 5) is 0. The predicted molar refractivity (Wildman–Crippen MR) is 45.4 cm³/mol. The van der Waals surface area contributed by atoms with Gasteiger partial charge < -0.3 is 0 Å². The van der Waals surface area contributed by atoms with Gasteiger partial charge in [-0.3, -0.25) is 0 Å². The van der Waals surface area contributed by atoms with Crippen molar-refractivity contribution < 1.29 is 0 Å². The first-order chi connectivity index (χ1) is 4.62. The lowest BCUT2D eigenvalue weighted by atomic mass is 9.96. The molecule has 0 aliphatic heterocycles. The van der Waals surface area contributed by atoms with Gasteiger partial charge in [-0.15, -0.1) is 6.42 Å². The number of halogens is 1. The first-order valence-electron chi connectivity index (χ1n) is 2.88. The van der Waals surface area contributed by atoms with Crippen LogP contribution in [0.25, 0.3) is 0 Å². The molecule has 0 amide bonds. The quantitative estimate of drug-likeness (QED) is 0.468. The van der Waals surface area contributed by atoms with Crippen molar-refractivity contribution in [3.63, 3.8) is 0 Å². The lowest BCUT2D eigenvalue weighted by Gasteiger charge is -2.05. The molecule has 0 aliphatic carbocycles. The number of hydrogen-bond donors (Lipinski definition) is 0. The molecule has 0 heterocycles. The molecule has 0 radical (unpaired) electrons. The molecule has 0 aromatic heterocycles. The van der Waals surface area contributed by atoms with Crippen molar-refractivity contribution in [1.82, 2.24) is 0 Å². The van der Waals surface area contributed by atoms with Crippen LogP contribution in [0.5, 0.6) is 0 Å². The molecule has 0 fully saturated rings. The Morgan fingerprint density at radius 1 is 1.50 bits per heavy atom. The van der Waals surface area contributed by atoms with Crippen LogP contribution < -0.4 is 0 Å². The molecule has 0 aliphatic rings. The van der Waals surface area contributed by atoms with Gasteiger partial charge in [0.05, 0.1) is 5.41 Å². The Labute approximate surface area is 67.3 Å². The third kappa shape index (κ3) is 4.07. The zero-order chi connectivity index (χ0) is 8.04. The standard InChI is InChI=1S/C9H9Cl/c1-4-9(2,3)7-5-6-8-10/h1,6,8H,2-3H3/b8-6-. The average molecular weight is 153 g/mol. The van der Waals surface area contributed by atoms with Crippen LogP contribution in [0.4, 0.5) is 0 Å². The SMILES string of the molecule is C#CC(C)(C)C#C/C=C\Cl. The van der Waals surface area contributed by atoms with Gasteiger partial charge in [-0.1, -0.05) is 29.4 Å². The molecular weight excluding hydrogens is 144 g/mol. The Hall–Kier alpha value is -0.850. The Bertz CT molecular complexity index is 217. The molecule has 0 nitrogen and oxygen atoms in total. The van der Waals surface area contributed by atoms with E-state index >= 15 is 0 Å². The summed E-state index contributed by atoms with van der Waals surface area (Å²) in [5.41, 5.74) is 1.01. The Kier molecular flexibility index (Phi) is 3.70. The molecule has 0 spiro atoms. The lowest BCUT2D eigenvalue weighted by molar-refractivity contribution is 0.687. The third-order valence-electron chi connectivity index (χ3n) is 0.892. The van der Waals surface area contributed by atoms with Crippen molar-refractivity contribution in [3.05, 3.63) is 11.6 Å². The number of terminal acetylenes is 1. The molecule has 0 saturated heterocycles. The fourth-order valence-electron chi connectivity index (χ4n) is 0.290. The molecule has 0 aromatic rings. The van der Waals surface area contributed by atoms with Gasteiger partial charge in [-0.05, 0) is 19.9 Å². The summed E-state index contributed by atoms with van der Waals surface area (Å²) in [6.45, 7) is 3.75. The normalized spacial score (nSPS) is 10.2. The topological polar surface area (TPSA) is 0 Å². The van der Waals surface area contributed by atoms with E-state index < -0.39 is 0 Å². The maximum Gasteiger partial charge on any atom is 0.0863 e. The molecule has 0 N–H and O–H groups in total. The minimum Gasteiger partial charge on any atom is -0.119 e. The Morgan fingerprint density at radius 2 is 2.10 bits per heavy atom. The van der Waals surface area contributed by atoms with Gasteiger partial charge in [0, 0.05) is 5.54 Å². The van der Waals surface area contributed by atoms with Gasteiger partial charge in [-0.2, -0.15) is 0 Å². The van der Waals surface area contributed by atoms with E-state index in [0.29, 0.717) is 0 Å². The number of rotatable bonds is 0. The summed E-state index contributed by atoms with van der Waals surface area (Å²) in [6, 6.07) is 0. The molecular formula is C9H9Cl. The van der Waals surface area contributed by atoms with E-state index in [1.165, 1.54) is 5.54 Å². The monoisotopic (exact) mass is 152 g/mol. The first kappa shape index (κ1) is 9.15. The zero-order valence-corrected chi connectivity index (χ0v) is 6.87. The second-order valence-corrected chi connectivity index (χ2v) is 2.58. The van der Waals surface area contributed by atoms with Crippen molar-refractivity contribution in [2.45, 2.75) is 13.8 Å². The van der Waals surface area contributed by atoms with Gasteiger partial charge in [0.15, 0.2) is 0 Å². The number of allylic oxidation sites excluding steroid dienone is 1. The summed E-state index contributed by atoms with van der Waals surface area (Å²) < 4.78 is 0. The van der Waals surface area contributed by atoms with Crippen molar-refractivity contribution in [2.75, 3.05) is 0 Å². The molecule has 52 valence electrons. The second kappa shape index (κ2) is 4.04. The van der Waals surface area contributed by atoms with Crippen LogP contribution in [0.15, 0.2) is 11.6 Å². The smallest absolute Gasteiger partial charge is 0.0863 e. The molecule has 10 heavy (non-hydrogen) atoms. The van der Waals surface area contributed by atoms with Crippen LogP contribution in [0.1, 0.15) is 13.8 Å². The highest BCUT2D eigenvalue weighted by atomic mass is 35.5. The summed E-state index contributed by atoms with van der Waals surface area (Å²) in [6.07, 6.45) is 6.74. The maximum atomic E-state index is 5.24. The van der Waals surface area contributed by atoms with E-state index in [1.807, 2.05) is 13.8 Å². The minimum atomic E-state index is -0.351. The van der Waals surface area contributed by atoms with Gasteiger partial charge in [0.25, 0.3) is 0 Å². The summed E-state index contributed by atoms with van der Waals surface area (Å²) >= 11 is 5.24.